The van der Waals surface area contributed by atoms with Crippen molar-refractivity contribution in [2.75, 3.05) is 12.5 Å². The van der Waals surface area contributed by atoms with E-state index in [1.54, 1.807) is 19.4 Å². The lowest BCUT2D eigenvalue weighted by molar-refractivity contribution is 0.0248. The van der Waals surface area contributed by atoms with Crippen LogP contribution in [0.5, 0.6) is 5.75 Å². The molecular formula is C15H12BrF2N3O2S. The SMILES string of the molecule is COc1cc2oc(-c3cn4c(n3)SC(C(C)(F)F)N4)cc2cc1Br. The van der Waals surface area contributed by atoms with Gasteiger partial charge in [-0.05, 0) is 28.1 Å². The molecule has 0 amide bonds. The summed E-state index contributed by atoms with van der Waals surface area (Å²) in [6.45, 7) is 0.884. The third-order valence-corrected chi connectivity index (χ3v) is 5.53. The van der Waals surface area contributed by atoms with Gasteiger partial charge in [0.1, 0.15) is 17.0 Å². The van der Waals surface area contributed by atoms with Crippen LogP contribution in [0, 0.1) is 0 Å². The van der Waals surface area contributed by atoms with Crippen molar-refractivity contribution >= 4 is 38.7 Å². The summed E-state index contributed by atoms with van der Waals surface area (Å²) in [6, 6.07) is 5.53. The molecule has 1 aliphatic rings. The number of alkyl halides is 2. The summed E-state index contributed by atoms with van der Waals surface area (Å²) in [5, 5.41) is 0.352. The summed E-state index contributed by atoms with van der Waals surface area (Å²) < 4.78 is 40.2. The van der Waals surface area contributed by atoms with Crippen molar-refractivity contribution in [2.24, 2.45) is 0 Å². The highest BCUT2D eigenvalue weighted by Crippen LogP contribution is 2.39. The molecule has 1 aliphatic heterocycles. The summed E-state index contributed by atoms with van der Waals surface area (Å²) in [5.41, 5.74) is 3.97. The molecule has 5 nitrogen and oxygen atoms in total. The van der Waals surface area contributed by atoms with Gasteiger partial charge in [-0.1, -0.05) is 11.8 Å². The number of ether oxygens (including phenoxy) is 1. The fourth-order valence-electron chi connectivity index (χ4n) is 2.46. The van der Waals surface area contributed by atoms with Crippen molar-refractivity contribution in [1.82, 2.24) is 9.66 Å². The molecule has 0 aliphatic carbocycles. The Morgan fingerprint density at radius 3 is 2.88 bits per heavy atom. The summed E-state index contributed by atoms with van der Waals surface area (Å²) in [5.74, 6) is -1.61. The maximum absolute atomic E-state index is 13.4. The number of benzene rings is 1. The van der Waals surface area contributed by atoms with E-state index in [0.29, 0.717) is 27.9 Å². The van der Waals surface area contributed by atoms with Gasteiger partial charge in [-0.25, -0.2) is 18.4 Å². The van der Waals surface area contributed by atoms with Crippen LogP contribution in [0.15, 0.2) is 38.4 Å². The van der Waals surface area contributed by atoms with Crippen LogP contribution in [0.2, 0.25) is 0 Å². The zero-order valence-electron chi connectivity index (χ0n) is 12.6. The molecule has 0 fully saturated rings. The first-order chi connectivity index (χ1) is 11.3. The highest BCUT2D eigenvalue weighted by molar-refractivity contribution is 9.10. The molecule has 1 N–H and O–H groups in total. The number of nitrogens with zero attached hydrogens (tertiary/aromatic N) is 2. The van der Waals surface area contributed by atoms with Gasteiger partial charge in [0.25, 0.3) is 5.92 Å². The maximum atomic E-state index is 13.4. The van der Waals surface area contributed by atoms with Gasteiger partial charge in [-0.15, -0.1) is 0 Å². The number of halogens is 3. The second kappa shape index (κ2) is 5.38. The predicted molar refractivity (Wildman–Crippen MR) is 91.3 cm³/mol. The van der Waals surface area contributed by atoms with Crippen molar-refractivity contribution in [3.8, 4) is 17.2 Å². The van der Waals surface area contributed by atoms with Crippen LogP contribution in [0.25, 0.3) is 22.4 Å². The molecule has 0 spiro atoms. The van der Waals surface area contributed by atoms with Crippen molar-refractivity contribution in [3.63, 3.8) is 0 Å². The molecule has 0 bridgehead atoms. The maximum Gasteiger partial charge on any atom is 0.276 e. The Morgan fingerprint density at radius 1 is 1.42 bits per heavy atom. The highest BCUT2D eigenvalue weighted by atomic mass is 79.9. The van der Waals surface area contributed by atoms with E-state index in [1.165, 1.54) is 4.68 Å². The third-order valence-electron chi connectivity index (χ3n) is 3.66. The molecule has 1 aromatic carbocycles. The first kappa shape index (κ1) is 15.8. The summed E-state index contributed by atoms with van der Waals surface area (Å²) in [7, 11) is 1.58. The third kappa shape index (κ3) is 2.55. The molecule has 2 aromatic heterocycles. The van der Waals surface area contributed by atoms with E-state index >= 15 is 0 Å². The molecule has 0 radical (unpaired) electrons. The molecule has 3 aromatic rings. The fraction of sp³-hybridized carbons (Fsp3) is 0.267. The van der Waals surface area contributed by atoms with Gasteiger partial charge < -0.3 is 14.6 Å². The molecule has 3 heterocycles. The Hall–Kier alpha value is -1.74. The van der Waals surface area contributed by atoms with Gasteiger partial charge in [0, 0.05) is 18.4 Å². The van der Waals surface area contributed by atoms with Crippen LogP contribution in [-0.2, 0) is 0 Å². The molecule has 4 rings (SSSR count). The van der Waals surface area contributed by atoms with Gasteiger partial charge >= 0.3 is 0 Å². The van der Waals surface area contributed by atoms with E-state index in [0.717, 1.165) is 28.5 Å². The first-order valence-electron chi connectivity index (χ1n) is 7.03. The lowest BCUT2D eigenvalue weighted by Crippen LogP contribution is -2.34. The van der Waals surface area contributed by atoms with Gasteiger partial charge in [-0.3, -0.25) is 0 Å². The predicted octanol–water partition coefficient (Wildman–Crippen LogP) is 4.70. The van der Waals surface area contributed by atoms with E-state index in [9.17, 15) is 8.78 Å². The number of imidazole rings is 1. The van der Waals surface area contributed by atoms with Crippen LogP contribution >= 0.6 is 27.7 Å². The fourth-order valence-corrected chi connectivity index (χ4v) is 3.93. The summed E-state index contributed by atoms with van der Waals surface area (Å²) >= 11 is 4.43. The topological polar surface area (TPSA) is 52.2 Å². The standard InChI is InChI=1S/C15H12BrF2N3O2S/c1-15(17,18)13-20-21-6-9(19-14(21)24-13)12-4-7-3-8(16)11(22-2)5-10(7)23-12/h3-6,13,20H,1-2H3. The first-order valence-corrected chi connectivity index (χ1v) is 8.70. The number of aromatic nitrogens is 2. The number of fused-ring (bicyclic) bond motifs is 2. The second-order valence-electron chi connectivity index (χ2n) is 5.50. The number of nitrogens with one attached hydrogen (secondary N) is 1. The minimum Gasteiger partial charge on any atom is -0.495 e. The van der Waals surface area contributed by atoms with E-state index < -0.39 is 11.3 Å². The molecule has 9 heteroatoms. The van der Waals surface area contributed by atoms with Gasteiger partial charge in [0.05, 0.1) is 17.8 Å². The number of furan rings is 1. The molecule has 1 atom stereocenters. The normalized spacial score (nSPS) is 17.1. The molecule has 0 saturated heterocycles. The van der Waals surface area contributed by atoms with Crippen molar-refractivity contribution < 1.29 is 17.9 Å². The molecule has 24 heavy (non-hydrogen) atoms. The molecule has 0 saturated carbocycles. The van der Waals surface area contributed by atoms with Crippen LogP contribution in [0.4, 0.5) is 8.78 Å². The average Bonchev–Trinajstić information content (AvgIpc) is 3.16. The van der Waals surface area contributed by atoms with E-state index in [-0.39, 0.29) is 0 Å². The van der Waals surface area contributed by atoms with E-state index in [4.69, 9.17) is 9.15 Å². The van der Waals surface area contributed by atoms with Crippen molar-refractivity contribution in [1.29, 1.82) is 0 Å². The van der Waals surface area contributed by atoms with E-state index in [2.05, 4.69) is 26.3 Å². The Bertz CT molecular complexity index is 911. The van der Waals surface area contributed by atoms with Crippen LogP contribution < -0.4 is 10.2 Å². The molecular weight excluding hydrogens is 404 g/mol. The monoisotopic (exact) mass is 415 g/mol. The summed E-state index contributed by atoms with van der Waals surface area (Å²) in [6.07, 6.45) is 1.65. The number of hydrogen-bond donors (Lipinski definition) is 1. The number of thioether (sulfide) groups is 1. The zero-order valence-corrected chi connectivity index (χ0v) is 15.0. The Kier molecular flexibility index (Phi) is 3.54. The Morgan fingerprint density at radius 2 is 2.21 bits per heavy atom. The Balaban J connectivity index is 1.68. The van der Waals surface area contributed by atoms with Gasteiger partial charge in [0.2, 0.25) is 0 Å². The van der Waals surface area contributed by atoms with Crippen LogP contribution in [-0.4, -0.2) is 28.1 Å². The lowest BCUT2D eigenvalue weighted by Gasteiger charge is -2.17. The molecule has 1 unspecified atom stereocenters. The zero-order chi connectivity index (χ0) is 17.1. The second-order valence-corrected chi connectivity index (χ2v) is 7.42. The average molecular weight is 416 g/mol. The van der Waals surface area contributed by atoms with E-state index in [1.807, 2.05) is 12.1 Å². The van der Waals surface area contributed by atoms with Crippen molar-refractivity contribution in [2.45, 2.75) is 23.4 Å². The summed E-state index contributed by atoms with van der Waals surface area (Å²) in [4.78, 5) is 4.38. The number of rotatable bonds is 3. The quantitative estimate of drug-likeness (QED) is 0.671. The van der Waals surface area contributed by atoms with Gasteiger partial charge in [-0.2, -0.15) is 0 Å². The minimum atomic E-state index is -2.84. The van der Waals surface area contributed by atoms with Crippen LogP contribution in [0.1, 0.15) is 6.92 Å². The van der Waals surface area contributed by atoms with Crippen molar-refractivity contribution in [3.05, 3.63) is 28.9 Å². The number of hydrogen-bond acceptors (Lipinski definition) is 5. The Labute approximate surface area is 148 Å². The molecule has 126 valence electrons. The minimum absolute atomic E-state index is 0.482. The highest BCUT2D eigenvalue weighted by Gasteiger charge is 2.40. The van der Waals surface area contributed by atoms with Gasteiger partial charge in [0.15, 0.2) is 16.3 Å². The lowest BCUT2D eigenvalue weighted by atomic mass is 10.2. The van der Waals surface area contributed by atoms with Crippen LogP contribution in [0.3, 0.4) is 0 Å². The largest absolute Gasteiger partial charge is 0.495 e. The number of methoxy groups -OCH3 is 1. The smallest absolute Gasteiger partial charge is 0.276 e.